The van der Waals surface area contributed by atoms with E-state index in [0.717, 1.165) is 35.2 Å². The molecule has 0 aliphatic carbocycles. The van der Waals surface area contributed by atoms with Crippen molar-refractivity contribution in [2.24, 2.45) is 5.14 Å². The summed E-state index contributed by atoms with van der Waals surface area (Å²) in [4.78, 5) is 13.5. The second-order valence-corrected chi connectivity index (χ2v) is 9.59. The zero-order chi connectivity index (χ0) is 25.9. The van der Waals surface area contributed by atoms with Gasteiger partial charge in [-0.05, 0) is 60.6 Å². The van der Waals surface area contributed by atoms with E-state index in [4.69, 9.17) is 14.7 Å². The van der Waals surface area contributed by atoms with E-state index in [1.54, 1.807) is 19.2 Å². The van der Waals surface area contributed by atoms with Crippen LogP contribution in [0.15, 0.2) is 53.6 Å². The van der Waals surface area contributed by atoms with Crippen LogP contribution in [-0.4, -0.2) is 33.8 Å². The van der Waals surface area contributed by atoms with E-state index in [-0.39, 0.29) is 4.90 Å². The van der Waals surface area contributed by atoms with Crippen molar-refractivity contribution in [2.75, 3.05) is 19.5 Å². The summed E-state index contributed by atoms with van der Waals surface area (Å²) in [6, 6.07) is 12.7. The highest BCUT2D eigenvalue weighted by atomic mass is 32.2. The van der Waals surface area contributed by atoms with Gasteiger partial charge in [-0.2, -0.15) is 0 Å². The lowest BCUT2D eigenvalue weighted by atomic mass is 9.93. The molecule has 8 heteroatoms. The molecule has 1 aromatic heterocycles. The van der Waals surface area contributed by atoms with Gasteiger partial charge in [0.25, 0.3) is 0 Å². The summed E-state index contributed by atoms with van der Waals surface area (Å²) in [6.45, 7) is 10.00. The summed E-state index contributed by atoms with van der Waals surface area (Å²) < 4.78 is 27.0. The molecule has 34 heavy (non-hydrogen) atoms. The average molecular weight is 488 g/mol. The van der Waals surface area contributed by atoms with Gasteiger partial charge in [-0.15, -0.1) is 0 Å². The molecule has 3 aromatic rings. The van der Waals surface area contributed by atoms with Crippen molar-refractivity contribution < 1.29 is 17.9 Å². The maximum Gasteiger partial charge on any atom is 0.238 e. The minimum Gasteiger partial charge on any atom is -0.497 e. The van der Waals surface area contributed by atoms with E-state index in [1.165, 1.54) is 30.0 Å². The molecule has 7 nitrogen and oxygen atoms in total. The SMILES string of the molecule is CC(C)c1ccc(S(N)(=O)=O)cc1.CC=O.CCC(C)c1c(NC)cnc2cc(OC)ccc12. The predicted octanol–water partition coefficient (Wildman–Crippen LogP) is 5.46. The molecular formula is C26H37N3O4S. The standard InChI is InChI=1S/C15H20N2O.C9H13NO2S.C2H4O/c1-5-10(2)15-12-7-6-11(18-4)8-13(12)17-9-14(15)16-3;1-7(2)8-3-5-9(6-4-8)13(10,11)12;1-2-3/h6-10,16H,5H2,1-4H3;3-7H,1-2H3,(H2,10,11,12);2H,1H3. The van der Waals surface area contributed by atoms with E-state index in [0.29, 0.717) is 11.8 Å². The van der Waals surface area contributed by atoms with Crippen molar-refractivity contribution in [1.82, 2.24) is 4.98 Å². The number of sulfonamides is 1. The topological polar surface area (TPSA) is 111 Å². The number of nitrogens with one attached hydrogen (secondary N) is 1. The number of nitrogens with two attached hydrogens (primary N) is 1. The number of anilines is 1. The number of carbonyl (C=O) groups is 1. The molecule has 2 aromatic carbocycles. The van der Waals surface area contributed by atoms with Crippen LogP contribution in [0.3, 0.4) is 0 Å². The normalized spacial score (nSPS) is 11.6. The molecule has 0 amide bonds. The first kappa shape index (κ1) is 29.1. The van der Waals surface area contributed by atoms with Gasteiger partial charge in [-0.3, -0.25) is 4.98 Å². The van der Waals surface area contributed by atoms with Crippen molar-refractivity contribution in [3.8, 4) is 5.75 Å². The number of aldehydes is 1. The van der Waals surface area contributed by atoms with Gasteiger partial charge in [0.2, 0.25) is 10.0 Å². The van der Waals surface area contributed by atoms with Crippen molar-refractivity contribution in [1.29, 1.82) is 0 Å². The van der Waals surface area contributed by atoms with Gasteiger partial charge in [0, 0.05) is 18.5 Å². The Hall–Kier alpha value is -2.97. The van der Waals surface area contributed by atoms with E-state index in [9.17, 15) is 8.42 Å². The molecule has 3 rings (SSSR count). The molecule has 1 unspecified atom stereocenters. The Balaban J connectivity index is 0.000000318. The van der Waals surface area contributed by atoms with Crippen LogP contribution in [0.4, 0.5) is 5.69 Å². The second kappa shape index (κ2) is 13.7. The summed E-state index contributed by atoms with van der Waals surface area (Å²) in [5.74, 6) is 1.75. The van der Waals surface area contributed by atoms with Crippen LogP contribution < -0.4 is 15.2 Å². The number of aromatic nitrogens is 1. The summed E-state index contributed by atoms with van der Waals surface area (Å²) in [6.07, 6.45) is 3.77. The van der Waals surface area contributed by atoms with Gasteiger partial charge in [0.05, 0.1) is 29.4 Å². The third-order valence-electron chi connectivity index (χ3n) is 5.37. The molecule has 0 radical (unpaired) electrons. The third-order valence-corrected chi connectivity index (χ3v) is 6.30. The summed E-state index contributed by atoms with van der Waals surface area (Å²) in [5.41, 5.74) is 4.55. The quantitative estimate of drug-likeness (QED) is 0.447. The summed E-state index contributed by atoms with van der Waals surface area (Å²) >= 11 is 0. The molecule has 1 atom stereocenters. The van der Waals surface area contributed by atoms with E-state index in [1.807, 2.05) is 39.2 Å². The number of fused-ring (bicyclic) bond motifs is 1. The lowest BCUT2D eigenvalue weighted by Crippen LogP contribution is -2.11. The molecule has 0 fully saturated rings. The monoisotopic (exact) mass is 487 g/mol. The number of rotatable bonds is 6. The van der Waals surface area contributed by atoms with Crippen LogP contribution in [0.2, 0.25) is 0 Å². The van der Waals surface area contributed by atoms with Gasteiger partial charge >= 0.3 is 0 Å². The van der Waals surface area contributed by atoms with Crippen LogP contribution in [0.1, 0.15) is 64.0 Å². The van der Waals surface area contributed by atoms with E-state index < -0.39 is 10.0 Å². The molecular weight excluding hydrogens is 450 g/mol. The van der Waals surface area contributed by atoms with Crippen LogP contribution >= 0.6 is 0 Å². The van der Waals surface area contributed by atoms with Crippen LogP contribution in [0.5, 0.6) is 5.75 Å². The maximum absolute atomic E-state index is 10.9. The minimum atomic E-state index is -3.55. The molecule has 186 valence electrons. The highest BCUT2D eigenvalue weighted by molar-refractivity contribution is 7.89. The second-order valence-electron chi connectivity index (χ2n) is 8.03. The third kappa shape index (κ3) is 8.11. The van der Waals surface area contributed by atoms with Crippen molar-refractivity contribution in [3.05, 3.63) is 59.8 Å². The first-order valence-electron chi connectivity index (χ1n) is 11.2. The number of methoxy groups -OCH3 is 1. The van der Waals surface area contributed by atoms with Crippen molar-refractivity contribution in [3.63, 3.8) is 0 Å². The number of ether oxygens (including phenoxy) is 1. The first-order chi connectivity index (χ1) is 16.0. The number of hydrogen-bond donors (Lipinski definition) is 2. The van der Waals surface area contributed by atoms with Crippen LogP contribution in [-0.2, 0) is 14.8 Å². The van der Waals surface area contributed by atoms with Gasteiger partial charge in [-0.1, -0.05) is 39.8 Å². The lowest BCUT2D eigenvalue weighted by molar-refractivity contribution is -0.106. The fraction of sp³-hybridized carbons (Fsp3) is 0.385. The zero-order valence-electron chi connectivity index (χ0n) is 21.1. The number of primary sulfonamides is 1. The Morgan fingerprint density at radius 3 is 2.15 bits per heavy atom. The predicted molar refractivity (Wildman–Crippen MR) is 140 cm³/mol. The Morgan fingerprint density at radius 1 is 1.12 bits per heavy atom. The molecule has 0 saturated carbocycles. The highest BCUT2D eigenvalue weighted by Crippen LogP contribution is 2.34. The average Bonchev–Trinajstić information content (AvgIpc) is 2.82. The molecule has 3 N–H and O–H groups in total. The Bertz CT molecular complexity index is 1160. The number of hydrogen-bond acceptors (Lipinski definition) is 6. The van der Waals surface area contributed by atoms with Crippen LogP contribution in [0.25, 0.3) is 10.9 Å². The number of pyridine rings is 1. The fourth-order valence-electron chi connectivity index (χ4n) is 3.30. The zero-order valence-corrected chi connectivity index (χ0v) is 21.9. The largest absolute Gasteiger partial charge is 0.497 e. The van der Waals surface area contributed by atoms with Gasteiger partial charge < -0.3 is 14.8 Å². The number of carbonyl (C=O) groups excluding carboxylic acids is 1. The smallest absolute Gasteiger partial charge is 0.238 e. The van der Waals surface area contributed by atoms with Gasteiger partial charge in [-0.25, -0.2) is 13.6 Å². The first-order valence-corrected chi connectivity index (χ1v) is 12.7. The van der Waals surface area contributed by atoms with E-state index >= 15 is 0 Å². The Kier molecular flexibility index (Phi) is 11.7. The minimum absolute atomic E-state index is 0.164. The maximum atomic E-state index is 10.9. The molecule has 1 heterocycles. The van der Waals surface area contributed by atoms with Crippen LogP contribution in [0, 0.1) is 0 Å². The molecule has 0 saturated heterocycles. The van der Waals surface area contributed by atoms with Crippen molar-refractivity contribution in [2.45, 2.75) is 57.8 Å². The summed E-state index contributed by atoms with van der Waals surface area (Å²) in [5, 5.41) is 9.40. The van der Waals surface area contributed by atoms with Gasteiger partial charge in [0.1, 0.15) is 12.0 Å². The molecule has 0 aliphatic heterocycles. The fourth-order valence-corrected chi connectivity index (χ4v) is 3.81. The van der Waals surface area contributed by atoms with Crippen molar-refractivity contribution >= 4 is 32.9 Å². The lowest BCUT2D eigenvalue weighted by Gasteiger charge is -2.17. The number of benzene rings is 2. The highest BCUT2D eigenvalue weighted by Gasteiger charge is 2.14. The number of nitrogens with zero attached hydrogens (tertiary/aromatic N) is 1. The van der Waals surface area contributed by atoms with E-state index in [2.05, 4.69) is 30.2 Å². The molecule has 0 aliphatic rings. The Morgan fingerprint density at radius 2 is 1.71 bits per heavy atom. The Labute approximate surface area is 203 Å². The molecule has 0 spiro atoms. The van der Waals surface area contributed by atoms with Gasteiger partial charge in [0.15, 0.2) is 0 Å². The summed E-state index contributed by atoms with van der Waals surface area (Å²) in [7, 11) is 0.0767. The molecule has 0 bridgehead atoms.